The first kappa shape index (κ1) is 10.6. The van der Waals surface area contributed by atoms with Gasteiger partial charge in [-0.3, -0.25) is 0 Å². The Bertz CT molecular complexity index is 504. The second-order valence-electron chi connectivity index (χ2n) is 3.32. The van der Waals surface area contributed by atoms with E-state index in [1.807, 2.05) is 24.4 Å². The van der Waals surface area contributed by atoms with Gasteiger partial charge in [-0.15, -0.1) is 11.3 Å². The van der Waals surface area contributed by atoms with Gasteiger partial charge in [-0.2, -0.15) is 0 Å². The molecule has 0 aliphatic heterocycles. The minimum Gasteiger partial charge on any atom is -0.351 e. The van der Waals surface area contributed by atoms with E-state index in [1.165, 1.54) is 0 Å². The number of urea groups is 1. The van der Waals surface area contributed by atoms with Crippen LogP contribution in [0.5, 0.6) is 0 Å². The number of thiazole rings is 1. The van der Waals surface area contributed by atoms with Crippen LogP contribution < -0.4 is 11.1 Å². The number of nitrogens with two attached hydrogens (primary N) is 1. The number of primary amides is 1. The van der Waals surface area contributed by atoms with E-state index in [4.69, 9.17) is 5.73 Å². The number of carbonyl (C=O) groups is 1. The van der Waals surface area contributed by atoms with Crippen molar-refractivity contribution < 1.29 is 4.79 Å². The molecule has 1 aromatic carbocycles. The second-order valence-corrected chi connectivity index (χ2v) is 4.38. The van der Waals surface area contributed by atoms with Gasteiger partial charge in [0.25, 0.3) is 0 Å². The van der Waals surface area contributed by atoms with E-state index in [2.05, 4.69) is 10.3 Å². The van der Waals surface area contributed by atoms with Crippen molar-refractivity contribution in [3.05, 3.63) is 34.7 Å². The molecule has 0 saturated carbocycles. The van der Waals surface area contributed by atoms with Gasteiger partial charge in [0, 0.05) is 16.6 Å². The molecule has 0 unspecified atom stereocenters. The zero-order valence-corrected chi connectivity index (χ0v) is 9.54. The Morgan fingerprint density at radius 1 is 1.38 bits per heavy atom. The molecule has 0 spiro atoms. The van der Waals surface area contributed by atoms with Crippen LogP contribution in [0, 0.1) is 6.92 Å². The summed E-state index contributed by atoms with van der Waals surface area (Å²) in [6.45, 7) is 1.97. The average molecular weight is 233 g/mol. The molecule has 0 aliphatic rings. The van der Waals surface area contributed by atoms with Gasteiger partial charge in [-0.25, -0.2) is 9.78 Å². The average Bonchev–Trinajstić information content (AvgIpc) is 2.65. The van der Waals surface area contributed by atoms with E-state index in [0.29, 0.717) is 5.69 Å². The number of anilines is 1. The first-order chi connectivity index (χ1) is 7.65. The monoisotopic (exact) mass is 233 g/mol. The largest absolute Gasteiger partial charge is 0.351 e. The fraction of sp³-hybridized carbons (Fsp3) is 0.0909. The van der Waals surface area contributed by atoms with Crippen molar-refractivity contribution in [2.75, 3.05) is 5.32 Å². The zero-order chi connectivity index (χ0) is 11.5. The molecule has 0 fully saturated rings. The highest BCUT2D eigenvalue weighted by Crippen LogP contribution is 2.22. The predicted octanol–water partition coefficient (Wildman–Crippen LogP) is 2.61. The number of aryl methyl sites for hydroxylation is 1. The van der Waals surface area contributed by atoms with E-state index in [0.717, 1.165) is 16.3 Å². The molecule has 0 aliphatic carbocycles. The lowest BCUT2D eigenvalue weighted by Gasteiger charge is -2.02. The predicted molar refractivity (Wildman–Crippen MR) is 65.5 cm³/mol. The van der Waals surface area contributed by atoms with Gasteiger partial charge < -0.3 is 11.1 Å². The van der Waals surface area contributed by atoms with Crippen molar-refractivity contribution in [1.29, 1.82) is 0 Å². The third kappa shape index (κ3) is 2.38. The highest BCUT2D eigenvalue weighted by atomic mass is 32.1. The van der Waals surface area contributed by atoms with E-state index < -0.39 is 6.03 Å². The summed E-state index contributed by atoms with van der Waals surface area (Å²) in [4.78, 5) is 15.0. The maximum absolute atomic E-state index is 10.6. The van der Waals surface area contributed by atoms with Crippen molar-refractivity contribution >= 4 is 23.1 Å². The molecule has 5 heteroatoms. The quantitative estimate of drug-likeness (QED) is 0.837. The SMILES string of the molecule is Cc1nc(-c2ccc(NC(N)=O)cc2)cs1. The lowest BCUT2D eigenvalue weighted by Crippen LogP contribution is -2.19. The Hall–Kier alpha value is -1.88. The first-order valence-corrected chi connectivity index (χ1v) is 5.62. The molecule has 2 rings (SSSR count). The highest BCUT2D eigenvalue weighted by molar-refractivity contribution is 7.09. The van der Waals surface area contributed by atoms with Crippen LogP contribution in [0.4, 0.5) is 10.5 Å². The van der Waals surface area contributed by atoms with Gasteiger partial charge in [0.15, 0.2) is 0 Å². The number of hydrogen-bond donors (Lipinski definition) is 2. The van der Waals surface area contributed by atoms with E-state index in [9.17, 15) is 4.79 Å². The first-order valence-electron chi connectivity index (χ1n) is 4.74. The normalized spacial score (nSPS) is 10.1. The van der Waals surface area contributed by atoms with Crippen LogP contribution >= 0.6 is 11.3 Å². The number of aromatic nitrogens is 1. The molecule has 2 amide bonds. The van der Waals surface area contributed by atoms with Crippen LogP contribution in [0.25, 0.3) is 11.3 Å². The third-order valence-electron chi connectivity index (χ3n) is 2.07. The number of carbonyl (C=O) groups excluding carboxylic acids is 1. The van der Waals surface area contributed by atoms with Crippen molar-refractivity contribution in [3.8, 4) is 11.3 Å². The number of nitrogens with one attached hydrogen (secondary N) is 1. The maximum Gasteiger partial charge on any atom is 0.316 e. The maximum atomic E-state index is 10.6. The summed E-state index contributed by atoms with van der Waals surface area (Å²) in [7, 11) is 0. The second kappa shape index (κ2) is 4.32. The summed E-state index contributed by atoms with van der Waals surface area (Å²) in [6.07, 6.45) is 0. The van der Waals surface area contributed by atoms with Crippen molar-refractivity contribution in [1.82, 2.24) is 4.98 Å². The van der Waals surface area contributed by atoms with E-state index in [-0.39, 0.29) is 0 Å². The van der Waals surface area contributed by atoms with Gasteiger partial charge in [0.05, 0.1) is 10.7 Å². The number of benzene rings is 1. The molecule has 4 nitrogen and oxygen atoms in total. The van der Waals surface area contributed by atoms with E-state index >= 15 is 0 Å². The lowest BCUT2D eigenvalue weighted by molar-refractivity contribution is 0.259. The fourth-order valence-electron chi connectivity index (χ4n) is 1.36. The van der Waals surface area contributed by atoms with Gasteiger partial charge in [0.1, 0.15) is 0 Å². The van der Waals surface area contributed by atoms with Crippen LogP contribution in [0.2, 0.25) is 0 Å². The smallest absolute Gasteiger partial charge is 0.316 e. The molecular weight excluding hydrogens is 222 g/mol. The Kier molecular flexibility index (Phi) is 2.87. The zero-order valence-electron chi connectivity index (χ0n) is 8.73. The molecule has 0 atom stereocenters. The molecular formula is C11H11N3OS. The Morgan fingerprint density at radius 3 is 2.56 bits per heavy atom. The minimum atomic E-state index is -0.558. The van der Waals surface area contributed by atoms with Crippen molar-refractivity contribution in [2.24, 2.45) is 5.73 Å². The summed E-state index contributed by atoms with van der Waals surface area (Å²) in [5, 5.41) is 5.55. The summed E-state index contributed by atoms with van der Waals surface area (Å²) >= 11 is 1.61. The Labute approximate surface area is 97.1 Å². The van der Waals surface area contributed by atoms with Gasteiger partial charge in [-0.05, 0) is 19.1 Å². The summed E-state index contributed by atoms with van der Waals surface area (Å²) in [5.41, 5.74) is 7.68. The van der Waals surface area contributed by atoms with Crippen molar-refractivity contribution in [3.63, 3.8) is 0 Å². The van der Waals surface area contributed by atoms with Crippen LogP contribution in [0.15, 0.2) is 29.6 Å². The van der Waals surface area contributed by atoms with Gasteiger partial charge in [-0.1, -0.05) is 12.1 Å². The van der Waals surface area contributed by atoms with E-state index in [1.54, 1.807) is 23.5 Å². The van der Waals surface area contributed by atoms with Crippen LogP contribution in [0.1, 0.15) is 5.01 Å². The number of hydrogen-bond acceptors (Lipinski definition) is 3. The van der Waals surface area contributed by atoms with Crippen LogP contribution in [-0.2, 0) is 0 Å². The molecule has 82 valence electrons. The number of nitrogens with zero attached hydrogens (tertiary/aromatic N) is 1. The van der Waals surface area contributed by atoms with Crippen molar-refractivity contribution in [2.45, 2.75) is 6.92 Å². The van der Waals surface area contributed by atoms with Crippen LogP contribution in [-0.4, -0.2) is 11.0 Å². The Morgan fingerprint density at radius 2 is 2.06 bits per heavy atom. The molecule has 1 heterocycles. The number of rotatable bonds is 2. The molecule has 1 aromatic heterocycles. The molecule has 2 aromatic rings. The lowest BCUT2D eigenvalue weighted by atomic mass is 10.1. The summed E-state index contributed by atoms with van der Waals surface area (Å²) in [5.74, 6) is 0. The molecule has 0 radical (unpaired) electrons. The molecule has 16 heavy (non-hydrogen) atoms. The molecule has 0 saturated heterocycles. The summed E-state index contributed by atoms with van der Waals surface area (Å²) in [6, 6.07) is 6.85. The van der Waals surface area contributed by atoms with Crippen LogP contribution in [0.3, 0.4) is 0 Å². The third-order valence-corrected chi connectivity index (χ3v) is 2.84. The van der Waals surface area contributed by atoms with Gasteiger partial charge in [0.2, 0.25) is 0 Å². The van der Waals surface area contributed by atoms with Gasteiger partial charge >= 0.3 is 6.03 Å². The standard InChI is InChI=1S/C11H11N3OS/c1-7-13-10(6-16-7)8-2-4-9(5-3-8)14-11(12)15/h2-6H,1H3,(H3,12,14,15). The number of amides is 2. The fourth-order valence-corrected chi connectivity index (χ4v) is 1.98. The molecule has 3 N–H and O–H groups in total. The topological polar surface area (TPSA) is 68.0 Å². The minimum absolute atomic E-state index is 0.558. The molecule has 0 bridgehead atoms. The Balaban J connectivity index is 2.22. The summed E-state index contributed by atoms with van der Waals surface area (Å²) < 4.78 is 0. The highest BCUT2D eigenvalue weighted by Gasteiger charge is 2.02.